The summed E-state index contributed by atoms with van der Waals surface area (Å²) >= 11 is 0. The van der Waals surface area contributed by atoms with Crippen molar-refractivity contribution in [3.05, 3.63) is 35.1 Å². The molecule has 0 heterocycles. The third-order valence-electron chi connectivity index (χ3n) is 2.93. The molecular formula is C15H22FNO2. The van der Waals surface area contributed by atoms with Gasteiger partial charge in [-0.3, -0.25) is 4.79 Å². The maximum absolute atomic E-state index is 14.0. The summed E-state index contributed by atoms with van der Waals surface area (Å²) in [5.74, 6) is -1.06. The smallest absolute Gasteiger partial charge is 0.254 e. The van der Waals surface area contributed by atoms with Gasteiger partial charge in [-0.25, -0.2) is 4.39 Å². The van der Waals surface area contributed by atoms with Crippen LogP contribution in [0.4, 0.5) is 4.39 Å². The fourth-order valence-corrected chi connectivity index (χ4v) is 1.58. The van der Waals surface area contributed by atoms with Crippen LogP contribution in [-0.2, 0) is 5.41 Å². The zero-order chi connectivity index (χ0) is 14.8. The summed E-state index contributed by atoms with van der Waals surface area (Å²) in [6, 6.07) is 4.63. The van der Waals surface area contributed by atoms with Crippen LogP contribution in [0.3, 0.4) is 0 Å². The van der Waals surface area contributed by atoms with Crippen molar-refractivity contribution in [2.45, 2.75) is 45.6 Å². The molecule has 0 aliphatic carbocycles. The van der Waals surface area contributed by atoms with Gasteiger partial charge in [-0.05, 0) is 37.0 Å². The number of nitrogens with one attached hydrogen (secondary N) is 1. The average molecular weight is 267 g/mol. The van der Waals surface area contributed by atoms with E-state index in [4.69, 9.17) is 5.11 Å². The van der Waals surface area contributed by atoms with E-state index >= 15 is 0 Å². The number of benzene rings is 1. The first kappa shape index (κ1) is 15.6. The van der Waals surface area contributed by atoms with Crippen molar-refractivity contribution in [1.82, 2.24) is 5.32 Å². The molecule has 1 aromatic carbocycles. The largest absolute Gasteiger partial charge is 0.394 e. The highest BCUT2D eigenvalue weighted by Gasteiger charge is 2.23. The lowest BCUT2D eigenvalue weighted by atomic mass is 9.86. The maximum atomic E-state index is 14.0. The van der Waals surface area contributed by atoms with Crippen molar-refractivity contribution in [2.75, 3.05) is 6.61 Å². The zero-order valence-electron chi connectivity index (χ0n) is 12.2. The molecule has 2 N–H and O–H groups in total. The monoisotopic (exact) mass is 267 g/mol. The molecule has 0 bridgehead atoms. The van der Waals surface area contributed by atoms with E-state index in [0.717, 1.165) is 5.56 Å². The van der Waals surface area contributed by atoms with E-state index in [1.165, 1.54) is 12.1 Å². The van der Waals surface area contributed by atoms with Gasteiger partial charge in [-0.15, -0.1) is 0 Å². The third kappa shape index (κ3) is 4.03. The summed E-state index contributed by atoms with van der Waals surface area (Å²) in [4.78, 5) is 11.9. The van der Waals surface area contributed by atoms with Gasteiger partial charge in [0.1, 0.15) is 5.82 Å². The van der Waals surface area contributed by atoms with Gasteiger partial charge in [0.2, 0.25) is 0 Å². The van der Waals surface area contributed by atoms with Crippen LogP contribution in [0.2, 0.25) is 0 Å². The van der Waals surface area contributed by atoms with Crippen molar-refractivity contribution in [1.29, 1.82) is 0 Å². The van der Waals surface area contributed by atoms with Crippen LogP contribution >= 0.6 is 0 Å². The van der Waals surface area contributed by atoms with Crippen LogP contribution in [-0.4, -0.2) is 23.2 Å². The lowest BCUT2D eigenvalue weighted by Crippen LogP contribution is -2.46. The molecule has 0 aliphatic heterocycles. The Morgan fingerprint density at radius 1 is 1.26 bits per heavy atom. The van der Waals surface area contributed by atoms with Gasteiger partial charge >= 0.3 is 0 Å². The molecule has 106 valence electrons. The molecule has 0 spiro atoms. The number of aliphatic hydroxyl groups is 1. The Morgan fingerprint density at radius 2 is 1.84 bits per heavy atom. The van der Waals surface area contributed by atoms with Crippen LogP contribution in [0.15, 0.2) is 18.2 Å². The van der Waals surface area contributed by atoms with Gasteiger partial charge in [-0.1, -0.05) is 26.8 Å². The summed E-state index contributed by atoms with van der Waals surface area (Å²) in [7, 11) is 0. The summed E-state index contributed by atoms with van der Waals surface area (Å²) < 4.78 is 14.0. The highest BCUT2D eigenvalue weighted by Crippen LogP contribution is 2.24. The number of hydrogen-bond acceptors (Lipinski definition) is 2. The van der Waals surface area contributed by atoms with Crippen molar-refractivity contribution in [3.8, 4) is 0 Å². The Balaban J connectivity index is 3.01. The van der Waals surface area contributed by atoms with Gasteiger partial charge in [0.15, 0.2) is 0 Å². The van der Waals surface area contributed by atoms with Crippen molar-refractivity contribution < 1.29 is 14.3 Å². The summed E-state index contributed by atoms with van der Waals surface area (Å²) in [6.07, 6.45) is 0. The van der Waals surface area contributed by atoms with E-state index < -0.39 is 17.3 Å². The minimum Gasteiger partial charge on any atom is -0.394 e. The molecule has 0 saturated heterocycles. The van der Waals surface area contributed by atoms with Crippen LogP contribution in [0.5, 0.6) is 0 Å². The van der Waals surface area contributed by atoms with E-state index in [0.29, 0.717) is 0 Å². The van der Waals surface area contributed by atoms with Crippen molar-refractivity contribution in [3.63, 3.8) is 0 Å². The summed E-state index contributed by atoms with van der Waals surface area (Å²) in [5, 5.41) is 11.7. The van der Waals surface area contributed by atoms with Gasteiger partial charge in [0.05, 0.1) is 17.7 Å². The minimum absolute atomic E-state index is 0.00507. The molecule has 0 radical (unpaired) electrons. The quantitative estimate of drug-likeness (QED) is 0.884. The molecule has 1 aromatic rings. The second-order valence-electron chi connectivity index (χ2n) is 6.44. The second-order valence-corrected chi connectivity index (χ2v) is 6.44. The molecule has 1 rings (SSSR count). The fraction of sp³-hybridized carbons (Fsp3) is 0.533. The normalized spacial score (nSPS) is 12.4. The predicted molar refractivity (Wildman–Crippen MR) is 73.7 cm³/mol. The summed E-state index contributed by atoms with van der Waals surface area (Å²) in [5.41, 5.74) is -0.107. The molecular weight excluding hydrogens is 245 g/mol. The Kier molecular flexibility index (Phi) is 4.35. The van der Waals surface area contributed by atoms with Crippen LogP contribution in [0.25, 0.3) is 0 Å². The molecule has 19 heavy (non-hydrogen) atoms. The minimum atomic E-state index is -0.772. The van der Waals surface area contributed by atoms with Gasteiger partial charge < -0.3 is 10.4 Å². The molecule has 3 nitrogen and oxygen atoms in total. The van der Waals surface area contributed by atoms with E-state index in [1.807, 2.05) is 20.8 Å². The van der Waals surface area contributed by atoms with Gasteiger partial charge in [0, 0.05) is 0 Å². The second kappa shape index (κ2) is 5.29. The standard InChI is InChI=1S/C15H22FNO2/c1-14(2,3)10-6-7-11(12(16)8-10)13(19)17-15(4,5)9-18/h6-8,18H,9H2,1-5H3,(H,17,19). The molecule has 0 unspecified atom stereocenters. The van der Waals surface area contributed by atoms with Crippen LogP contribution in [0.1, 0.15) is 50.5 Å². The van der Waals surface area contributed by atoms with E-state index in [-0.39, 0.29) is 17.6 Å². The Bertz CT molecular complexity index is 476. The molecule has 4 heteroatoms. The highest BCUT2D eigenvalue weighted by molar-refractivity contribution is 5.95. The zero-order valence-corrected chi connectivity index (χ0v) is 12.2. The number of carbonyl (C=O) groups is 1. The molecule has 0 saturated carbocycles. The number of hydrogen-bond donors (Lipinski definition) is 2. The number of halogens is 1. The van der Waals surface area contributed by atoms with E-state index in [2.05, 4.69) is 5.32 Å². The first-order valence-electron chi connectivity index (χ1n) is 6.30. The first-order chi connectivity index (χ1) is 8.57. The number of aliphatic hydroxyl groups excluding tert-OH is 1. The van der Waals surface area contributed by atoms with E-state index in [1.54, 1.807) is 19.9 Å². The molecule has 1 amide bonds. The third-order valence-corrected chi connectivity index (χ3v) is 2.93. The van der Waals surface area contributed by atoms with Gasteiger partial charge in [-0.2, -0.15) is 0 Å². The highest BCUT2D eigenvalue weighted by atomic mass is 19.1. The first-order valence-corrected chi connectivity index (χ1v) is 6.30. The number of amides is 1. The average Bonchev–Trinajstić information content (AvgIpc) is 2.26. The SMILES string of the molecule is CC(C)(CO)NC(=O)c1ccc(C(C)(C)C)cc1F. The number of rotatable bonds is 3. The Morgan fingerprint density at radius 3 is 2.26 bits per heavy atom. The predicted octanol–water partition coefficient (Wildman–Crippen LogP) is 2.62. The van der Waals surface area contributed by atoms with Crippen molar-refractivity contribution in [2.24, 2.45) is 0 Å². The van der Waals surface area contributed by atoms with Crippen molar-refractivity contribution >= 4 is 5.91 Å². The lowest BCUT2D eigenvalue weighted by Gasteiger charge is -2.24. The van der Waals surface area contributed by atoms with Crippen LogP contribution < -0.4 is 5.32 Å². The Hall–Kier alpha value is -1.42. The topological polar surface area (TPSA) is 49.3 Å². The maximum Gasteiger partial charge on any atom is 0.254 e. The lowest BCUT2D eigenvalue weighted by molar-refractivity contribution is 0.0865. The Labute approximate surface area is 113 Å². The van der Waals surface area contributed by atoms with Gasteiger partial charge in [0.25, 0.3) is 5.91 Å². The fourth-order valence-electron chi connectivity index (χ4n) is 1.58. The molecule has 0 fully saturated rings. The molecule has 0 atom stereocenters. The van der Waals surface area contributed by atoms with Crippen LogP contribution in [0, 0.1) is 5.82 Å². The molecule has 0 aromatic heterocycles. The summed E-state index contributed by atoms with van der Waals surface area (Å²) in [6.45, 7) is 9.09. The van der Waals surface area contributed by atoms with E-state index in [9.17, 15) is 9.18 Å². The molecule has 0 aliphatic rings. The number of carbonyl (C=O) groups excluding carboxylic acids is 1.